The number of nitrogens with zero attached hydrogens (tertiary/aromatic N) is 4. The van der Waals surface area contributed by atoms with Gasteiger partial charge in [0, 0.05) is 69.3 Å². The van der Waals surface area contributed by atoms with E-state index in [1.807, 2.05) is 0 Å². The molecule has 13 nitrogen and oxygen atoms in total. The Morgan fingerprint density at radius 2 is 1.67 bits per heavy atom. The first-order chi connectivity index (χ1) is 21.9. The van der Waals surface area contributed by atoms with Crippen molar-refractivity contribution in [3.63, 3.8) is 0 Å². The number of hydrogen-bond donors (Lipinski definition) is 5. The fourth-order valence-corrected chi connectivity index (χ4v) is 5.41. The summed E-state index contributed by atoms with van der Waals surface area (Å²) in [6, 6.07) is 7.74. The van der Waals surface area contributed by atoms with Gasteiger partial charge >= 0.3 is 12.1 Å². The first-order valence-electron chi connectivity index (χ1n) is 15.1. The second-order valence-corrected chi connectivity index (χ2v) is 12.9. The summed E-state index contributed by atoms with van der Waals surface area (Å²) in [6.07, 6.45) is 1.44. The average Bonchev–Trinajstić information content (AvgIpc) is 3.42. The minimum Gasteiger partial charge on any atom is -0.504 e. The summed E-state index contributed by atoms with van der Waals surface area (Å²) in [5, 5.41) is 31.1. The molecule has 4 rings (SSSR count). The molecule has 14 heteroatoms. The van der Waals surface area contributed by atoms with Gasteiger partial charge in [-0.05, 0) is 63.6 Å². The Labute approximate surface area is 273 Å². The van der Waals surface area contributed by atoms with Crippen LogP contribution in [0, 0.1) is 0 Å². The summed E-state index contributed by atoms with van der Waals surface area (Å²) < 4.78 is 5.30. The normalized spacial score (nSPS) is 14.0. The summed E-state index contributed by atoms with van der Waals surface area (Å²) in [7, 11) is 2.10. The Morgan fingerprint density at radius 1 is 0.978 bits per heavy atom. The van der Waals surface area contributed by atoms with Crippen LogP contribution in [0.2, 0.25) is 0 Å². The van der Waals surface area contributed by atoms with Crippen LogP contribution in [0.4, 0.5) is 21.0 Å². The van der Waals surface area contributed by atoms with Crippen LogP contribution >= 0.6 is 11.3 Å². The zero-order valence-electron chi connectivity index (χ0n) is 26.7. The van der Waals surface area contributed by atoms with Crippen LogP contribution in [0.15, 0.2) is 47.3 Å². The number of rotatable bonds is 11. The number of ether oxygens (including phenoxy) is 1. The van der Waals surface area contributed by atoms with Gasteiger partial charge in [0.2, 0.25) is 0 Å². The average molecular weight is 654 g/mol. The smallest absolute Gasteiger partial charge is 0.412 e. The van der Waals surface area contributed by atoms with Crippen LogP contribution in [-0.2, 0) is 17.7 Å². The van der Waals surface area contributed by atoms with E-state index in [2.05, 4.69) is 37.8 Å². The van der Waals surface area contributed by atoms with Gasteiger partial charge in [-0.25, -0.2) is 9.59 Å². The molecule has 1 aliphatic rings. The van der Waals surface area contributed by atoms with E-state index in [1.54, 1.807) is 60.8 Å². The number of phenols is 2. The summed E-state index contributed by atoms with van der Waals surface area (Å²) >= 11 is 1.32. The number of piperazine rings is 1. The summed E-state index contributed by atoms with van der Waals surface area (Å²) in [5.74, 6) is -0.830. The lowest BCUT2D eigenvalue weighted by atomic mass is 10.1. The molecule has 1 aliphatic heterocycles. The van der Waals surface area contributed by atoms with Crippen molar-refractivity contribution in [1.29, 1.82) is 0 Å². The molecule has 248 valence electrons. The predicted octanol–water partition coefficient (Wildman–Crippen LogP) is 4.16. The fraction of sp³-hybridized carbons (Fsp3) is 0.438. The number of thiophene rings is 1. The van der Waals surface area contributed by atoms with Crippen molar-refractivity contribution in [3.8, 4) is 11.5 Å². The molecule has 0 aliphatic carbocycles. The molecule has 0 saturated carbocycles. The number of aromatic hydroxyl groups is 2. The molecule has 1 saturated heterocycles. The van der Waals surface area contributed by atoms with Gasteiger partial charge in [0.15, 0.2) is 11.5 Å². The van der Waals surface area contributed by atoms with Gasteiger partial charge in [0.05, 0.1) is 11.4 Å². The number of urea groups is 1. The maximum atomic E-state index is 13.3. The molecular weight excluding hydrogens is 610 g/mol. The number of phenolic OH excluding ortho intramolecular Hbond substituents is 2. The van der Waals surface area contributed by atoms with Crippen molar-refractivity contribution in [2.75, 3.05) is 63.5 Å². The van der Waals surface area contributed by atoms with Gasteiger partial charge in [0.1, 0.15) is 11.3 Å². The Hall–Kier alpha value is -4.40. The van der Waals surface area contributed by atoms with Crippen LogP contribution in [0.1, 0.15) is 42.4 Å². The predicted molar refractivity (Wildman–Crippen MR) is 178 cm³/mol. The Morgan fingerprint density at radius 3 is 2.33 bits per heavy atom. The van der Waals surface area contributed by atoms with Crippen molar-refractivity contribution in [1.82, 2.24) is 25.0 Å². The van der Waals surface area contributed by atoms with Gasteiger partial charge in [0.25, 0.3) is 5.91 Å². The number of aromatic nitrogens is 1. The van der Waals surface area contributed by atoms with E-state index in [4.69, 9.17) is 4.74 Å². The number of anilines is 2. The maximum absolute atomic E-state index is 13.3. The van der Waals surface area contributed by atoms with E-state index >= 15 is 0 Å². The number of carbonyl (C=O) groups excluding carboxylic acids is 3. The van der Waals surface area contributed by atoms with E-state index in [0.717, 1.165) is 43.9 Å². The lowest BCUT2D eigenvalue weighted by Gasteiger charge is -2.34. The molecule has 0 atom stereocenters. The Balaban J connectivity index is 1.36. The van der Waals surface area contributed by atoms with E-state index in [1.165, 1.54) is 23.5 Å². The van der Waals surface area contributed by atoms with E-state index in [9.17, 15) is 24.6 Å². The van der Waals surface area contributed by atoms with Gasteiger partial charge < -0.3 is 35.4 Å². The molecule has 46 heavy (non-hydrogen) atoms. The highest BCUT2D eigenvalue weighted by molar-refractivity contribution is 7.09. The quantitative estimate of drug-likeness (QED) is 0.192. The summed E-state index contributed by atoms with van der Waals surface area (Å²) in [5.41, 5.74) is 1.93. The number of nitrogens with one attached hydrogen (secondary N) is 3. The standard InChI is InChI=1S/C32H43N7O6S/c1-32(2,3)45-31(44)36-26-21-46-20-25(26)35-29(42)24-7-5-23(18-34-24)19-39(16-15-38-13-11-37(4)12-14-38)30(43)33-10-9-22-6-8-27(40)28(41)17-22/h5-8,17-18,20-21,40-41H,9-16,19H2,1-4H3,(H,33,43)(H,35,42)(H,36,44). The zero-order valence-corrected chi connectivity index (χ0v) is 27.5. The van der Waals surface area contributed by atoms with Crippen LogP contribution in [-0.4, -0.2) is 106 Å². The molecule has 0 bridgehead atoms. The van der Waals surface area contributed by atoms with Crippen LogP contribution in [0.25, 0.3) is 0 Å². The highest BCUT2D eigenvalue weighted by Gasteiger charge is 2.21. The van der Waals surface area contributed by atoms with E-state index < -0.39 is 17.6 Å². The third-order valence-corrected chi connectivity index (χ3v) is 8.02. The molecule has 3 aromatic rings. The molecule has 0 radical (unpaired) electrons. The molecule has 0 unspecified atom stereocenters. The Kier molecular flexibility index (Phi) is 11.8. The van der Waals surface area contributed by atoms with Gasteiger partial charge in [-0.15, -0.1) is 11.3 Å². The highest BCUT2D eigenvalue weighted by Crippen LogP contribution is 2.28. The second-order valence-electron chi connectivity index (χ2n) is 12.2. The first kappa shape index (κ1) is 34.5. The first-order valence-corrected chi connectivity index (χ1v) is 16.1. The number of pyridine rings is 1. The number of amides is 4. The topological polar surface area (TPSA) is 160 Å². The maximum Gasteiger partial charge on any atom is 0.412 e. The lowest BCUT2D eigenvalue weighted by Crippen LogP contribution is -2.49. The minimum atomic E-state index is -0.658. The van der Waals surface area contributed by atoms with E-state index in [-0.39, 0.29) is 23.2 Å². The number of hydrogen-bond acceptors (Lipinski definition) is 10. The molecule has 4 amide bonds. The molecule has 1 fully saturated rings. The molecule has 0 spiro atoms. The number of carbonyl (C=O) groups is 3. The van der Waals surface area contributed by atoms with Crippen LogP contribution in [0.5, 0.6) is 11.5 Å². The van der Waals surface area contributed by atoms with Crippen LogP contribution in [0.3, 0.4) is 0 Å². The Bertz CT molecular complexity index is 1480. The van der Waals surface area contributed by atoms with Crippen molar-refractivity contribution in [3.05, 3.63) is 64.1 Å². The van der Waals surface area contributed by atoms with Crippen molar-refractivity contribution in [2.45, 2.75) is 39.3 Å². The highest BCUT2D eigenvalue weighted by atomic mass is 32.1. The molecule has 3 heterocycles. The van der Waals surface area contributed by atoms with E-state index in [0.29, 0.717) is 37.4 Å². The minimum absolute atomic E-state index is 0.184. The van der Waals surface area contributed by atoms with Gasteiger partial charge in [-0.2, -0.15) is 0 Å². The SMILES string of the molecule is CN1CCN(CCN(Cc2ccc(C(=O)Nc3cscc3NC(=O)OC(C)(C)C)nc2)C(=O)NCCc2ccc(O)c(O)c2)CC1. The molecular formula is C32H43N7O6S. The molecule has 5 N–H and O–H groups in total. The summed E-state index contributed by atoms with van der Waals surface area (Å²) in [6.45, 7) is 11.0. The van der Waals surface area contributed by atoms with Crippen molar-refractivity contribution < 1.29 is 29.3 Å². The van der Waals surface area contributed by atoms with Gasteiger partial charge in [-0.3, -0.25) is 20.0 Å². The molecule has 1 aromatic carbocycles. The monoisotopic (exact) mass is 653 g/mol. The summed E-state index contributed by atoms with van der Waals surface area (Å²) in [4.78, 5) is 49.2. The lowest BCUT2D eigenvalue weighted by molar-refractivity contribution is 0.0635. The van der Waals surface area contributed by atoms with Crippen molar-refractivity contribution >= 4 is 40.7 Å². The third kappa shape index (κ3) is 10.6. The van der Waals surface area contributed by atoms with Crippen LogP contribution < -0.4 is 16.0 Å². The zero-order chi connectivity index (χ0) is 33.3. The second kappa shape index (κ2) is 15.7. The fourth-order valence-electron chi connectivity index (χ4n) is 4.70. The number of likely N-dealkylation sites (N-methyl/N-ethyl adjacent to an activating group) is 1. The number of benzene rings is 1. The third-order valence-electron chi connectivity index (χ3n) is 7.28. The van der Waals surface area contributed by atoms with Crippen molar-refractivity contribution in [2.24, 2.45) is 0 Å². The largest absolute Gasteiger partial charge is 0.504 e. The van der Waals surface area contributed by atoms with Gasteiger partial charge in [-0.1, -0.05) is 12.1 Å². The molecule has 2 aromatic heterocycles.